The molecular weight excluding hydrogens is 356 g/mol. The molecule has 3 rings (SSSR count). The summed E-state index contributed by atoms with van der Waals surface area (Å²) in [7, 11) is 1.51. The molecule has 0 spiro atoms. The number of hydrogen-bond donors (Lipinski definition) is 2. The Balaban J connectivity index is 1.93. The Morgan fingerprint density at radius 2 is 1.65 bits per heavy atom. The molecule has 0 radical (unpaired) electrons. The van der Waals surface area contributed by atoms with Crippen molar-refractivity contribution in [3.8, 4) is 16.9 Å². The van der Waals surface area contributed by atoms with Crippen molar-refractivity contribution in [3.63, 3.8) is 0 Å². The number of anilines is 1. The van der Waals surface area contributed by atoms with Crippen molar-refractivity contribution < 1.29 is 18.3 Å². The van der Waals surface area contributed by atoms with E-state index in [9.17, 15) is 13.6 Å². The van der Waals surface area contributed by atoms with E-state index in [1.807, 2.05) is 0 Å². The first-order valence-corrected chi connectivity index (χ1v) is 8.17. The fourth-order valence-corrected chi connectivity index (χ4v) is 2.77. The molecule has 0 unspecified atom stereocenters. The van der Waals surface area contributed by atoms with Crippen LogP contribution in [0.25, 0.3) is 11.1 Å². The van der Waals surface area contributed by atoms with Gasteiger partial charge < -0.3 is 10.1 Å². The summed E-state index contributed by atoms with van der Waals surface area (Å²) in [6.07, 6.45) is 0. The highest BCUT2D eigenvalue weighted by Gasteiger charge is 2.17. The van der Waals surface area contributed by atoms with Crippen LogP contribution in [0.2, 0.25) is 0 Å². The summed E-state index contributed by atoms with van der Waals surface area (Å²) in [5.74, 6) is -1.80. The van der Waals surface area contributed by atoms with Gasteiger partial charge in [-0.2, -0.15) is 0 Å². The van der Waals surface area contributed by atoms with E-state index in [0.29, 0.717) is 21.8 Å². The summed E-state index contributed by atoms with van der Waals surface area (Å²) >= 11 is 4.18. The number of benzene rings is 3. The third-order valence-electron chi connectivity index (χ3n) is 3.83. The first-order chi connectivity index (χ1) is 12.5. The zero-order chi connectivity index (χ0) is 18.7. The van der Waals surface area contributed by atoms with Gasteiger partial charge in [-0.15, -0.1) is 12.6 Å². The smallest absolute Gasteiger partial charge is 0.256 e. The van der Waals surface area contributed by atoms with Gasteiger partial charge in [0.05, 0.1) is 12.7 Å². The standard InChI is InChI=1S/C20H15F2NO2S/c1-25-14-6-4-5-12(9-14)13-10-16(21)19(17(22)11-13)23-20(24)15-7-2-3-8-18(15)26/h2-11,26H,1H3,(H,23,24). The monoisotopic (exact) mass is 371 g/mol. The lowest BCUT2D eigenvalue weighted by Gasteiger charge is -2.11. The van der Waals surface area contributed by atoms with Gasteiger partial charge in [-0.1, -0.05) is 24.3 Å². The summed E-state index contributed by atoms with van der Waals surface area (Å²) in [4.78, 5) is 12.7. The van der Waals surface area contributed by atoms with Crippen LogP contribution in [0.3, 0.4) is 0 Å². The Bertz CT molecular complexity index is 953. The minimum atomic E-state index is -0.868. The van der Waals surface area contributed by atoms with Gasteiger partial charge in [-0.05, 0) is 47.5 Å². The van der Waals surface area contributed by atoms with Crippen LogP contribution < -0.4 is 10.1 Å². The lowest BCUT2D eigenvalue weighted by Crippen LogP contribution is -2.15. The normalized spacial score (nSPS) is 10.5. The second-order valence-electron chi connectivity index (χ2n) is 5.52. The second-order valence-corrected chi connectivity index (χ2v) is 6.00. The molecule has 0 aliphatic rings. The Kier molecular flexibility index (Phi) is 5.23. The molecule has 26 heavy (non-hydrogen) atoms. The number of rotatable bonds is 4. The van der Waals surface area contributed by atoms with Gasteiger partial charge in [-0.3, -0.25) is 4.79 Å². The predicted octanol–water partition coefficient (Wildman–Crippen LogP) is 5.18. The van der Waals surface area contributed by atoms with Crippen LogP contribution in [0, 0.1) is 11.6 Å². The molecule has 3 aromatic carbocycles. The fraction of sp³-hybridized carbons (Fsp3) is 0.0500. The van der Waals surface area contributed by atoms with Crippen molar-refractivity contribution >= 4 is 24.2 Å². The van der Waals surface area contributed by atoms with Crippen LogP contribution in [0.1, 0.15) is 10.4 Å². The van der Waals surface area contributed by atoms with Gasteiger partial charge in [0.25, 0.3) is 5.91 Å². The minimum absolute atomic E-state index is 0.228. The van der Waals surface area contributed by atoms with Gasteiger partial charge in [0.2, 0.25) is 0 Å². The molecule has 0 fully saturated rings. The molecule has 132 valence electrons. The number of ether oxygens (including phenoxy) is 1. The van der Waals surface area contributed by atoms with Crippen LogP contribution >= 0.6 is 12.6 Å². The van der Waals surface area contributed by atoms with Crippen LogP contribution in [0.15, 0.2) is 65.6 Å². The molecule has 0 saturated heterocycles. The Morgan fingerprint density at radius 1 is 0.962 bits per heavy atom. The van der Waals surface area contributed by atoms with E-state index >= 15 is 0 Å². The second kappa shape index (κ2) is 7.58. The summed E-state index contributed by atoms with van der Waals surface area (Å²) in [6, 6.07) is 15.7. The number of carbonyl (C=O) groups is 1. The molecule has 6 heteroatoms. The van der Waals surface area contributed by atoms with Gasteiger partial charge in [0, 0.05) is 4.90 Å². The summed E-state index contributed by atoms with van der Waals surface area (Å²) in [6.45, 7) is 0. The Morgan fingerprint density at radius 3 is 2.31 bits per heavy atom. The van der Waals surface area contributed by atoms with Crippen molar-refractivity contribution in [2.45, 2.75) is 4.90 Å². The van der Waals surface area contributed by atoms with Gasteiger partial charge >= 0.3 is 0 Å². The maximum Gasteiger partial charge on any atom is 0.256 e. The number of carbonyl (C=O) groups excluding carboxylic acids is 1. The number of hydrogen-bond acceptors (Lipinski definition) is 3. The molecule has 1 N–H and O–H groups in total. The predicted molar refractivity (Wildman–Crippen MR) is 100.0 cm³/mol. The maximum atomic E-state index is 14.5. The van der Waals surface area contributed by atoms with Crippen LogP contribution in [0.5, 0.6) is 5.75 Å². The van der Waals surface area contributed by atoms with Crippen molar-refractivity contribution in [3.05, 3.63) is 77.9 Å². The zero-order valence-electron chi connectivity index (χ0n) is 13.8. The molecule has 0 atom stereocenters. The number of amides is 1. The molecule has 1 amide bonds. The summed E-state index contributed by atoms with van der Waals surface area (Å²) in [5.41, 5.74) is 0.664. The van der Waals surface area contributed by atoms with Gasteiger partial charge in [0.15, 0.2) is 0 Å². The molecular formula is C20H15F2NO2S. The molecule has 0 saturated carbocycles. The molecule has 0 heterocycles. The average molecular weight is 371 g/mol. The lowest BCUT2D eigenvalue weighted by molar-refractivity contribution is 0.102. The number of nitrogens with one attached hydrogen (secondary N) is 1. The molecule has 3 nitrogen and oxygen atoms in total. The highest BCUT2D eigenvalue weighted by molar-refractivity contribution is 7.80. The minimum Gasteiger partial charge on any atom is -0.497 e. The number of methoxy groups -OCH3 is 1. The van der Waals surface area contributed by atoms with Crippen LogP contribution in [0.4, 0.5) is 14.5 Å². The van der Waals surface area contributed by atoms with E-state index < -0.39 is 23.2 Å². The summed E-state index contributed by atoms with van der Waals surface area (Å²) in [5, 5.41) is 2.27. The van der Waals surface area contributed by atoms with Crippen molar-refractivity contribution in [1.29, 1.82) is 0 Å². The molecule has 0 aromatic heterocycles. The van der Waals surface area contributed by atoms with E-state index in [0.717, 1.165) is 0 Å². The zero-order valence-corrected chi connectivity index (χ0v) is 14.7. The SMILES string of the molecule is COc1cccc(-c2cc(F)c(NC(=O)c3ccccc3S)c(F)c2)c1. The third kappa shape index (κ3) is 3.70. The van der Waals surface area contributed by atoms with Crippen molar-refractivity contribution in [1.82, 2.24) is 0 Å². The van der Waals surface area contributed by atoms with E-state index in [-0.39, 0.29) is 5.56 Å². The fourth-order valence-electron chi connectivity index (χ4n) is 2.51. The molecule has 0 aliphatic carbocycles. The highest BCUT2D eigenvalue weighted by atomic mass is 32.1. The van der Waals surface area contributed by atoms with E-state index in [1.54, 1.807) is 42.5 Å². The number of thiol groups is 1. The van der Waals surface area contributed by atoms with Crippen molar-refractivity contribution in [2.24, 2.45) is 0 Å². The van der Waals surface area contributed by atoms with Crippen LogP contribution in [-0.4, -0.2) is 13.0 Å². The first-order valence-electron chi connectivity index (χ1n) is 7.72. The molecule has 0 bridgehead atoms. The largest absolute Gasteiger partial charge is 0.497 e. The topological polar surface area (TPSA) is 38.3 Å². The third-order valence-corrected chi connectivity index (χ3v) is 4.22. The number of halogens is 2. The quantitative estimate of drug-likeness (QED) is 0.620. The van der Waals surface area contributed by atoms with Crippen LogP contribution in [-0.2, 0) is 0 Å². The Hall–Kier alpha value is -2.86. The maximum absolute atomic E-state index is 14.5. The molecule has 3 aromatic rings. The highest BCUT2D eigenvalue weighted by Crippen LogP contribution is 2.30. The van der Waals surface area contributed by atoms with E-state index in [1.165, 1.54) is 25.3 Å². The lowest BCUT2D eigenvalue weighted by atomic mass is 10.0. The first kappa shape index (κ1) is 17.9. The average Bonchev–Trinajstić information content (AvgIpc) is 2.64. The van der Waals surface area contributed by atoms with E-state index in [4.69, 9.17) is 4.74 Å². The Labute approximate surface area is 155 Å². The van der Waals surface area contributed by atoms with Gasteiger partial charge in [-0.25, -0.2) is 8.78 Å². The van der Waals surface area contributed by atoms with Crippen molar-refractivity contribution in [2.75, 3.05) is 12.4 Å². The molecule has 0 aliphatic heterocycles. The van der Waals surface area contributed by atoms with Gasteiger partial charge in [0.1, 0.15) is 23.1 Å². The van der Waals surface area contributed by atoms with E-state index in [2.05, 4.69) is 17.9 Å². The summed E-state index contributed by atoms with van der Waals surface area (Å²) < 4.78 is 34.0.